The fourth-order valence-electron chi connectivity index (χ4n) is 7.08. The Morgan fingerprint density at radius 1 is 0.900 bits per heavy atom. The van der Waals surface area contributed by atoms with Crippen LogP contribution in [0.5, 0.6) is 0 Å². The molecule has 0 N–H and O–H groups in total. The summed E-state index contributed by atoms with van der Waals surface area (Å²) in [6, 6.07) is 21.1. The molecule has 2 aliphatic heterocycles. The summed E-state index contributed by atoms with van der Waals surface area (Å²) in [4.78, 5) is 46.2. The first-order chi connectivity index (χ1) is 23.6. The third kappa shape index (κ3) is 7.79. The second kappa shape index (κ2) is 15.1. The summed E-state index contributed by atoms with van der Waals surface area (Å²) in [5.41, 5.74) is 1.54. The zero-order valence-electron chi connectivity index (χ0n) is 28.0. The summed E-state index contributed by atoms with van der Waals surface area (Å²) >= 11 is 11.7. The Kier molecular flexibility index (Phi) is 11.5. The van der Waals surface area contributed by atoms with Crippen LogP contribution in [0.1, 0.15) is 42.4 Å². The molecule has 0 aromatic heterocycles. The average molecular weight is 752 g/mol. The van der Waals surface area contributed by atoms with Crippen LogP contribution in [-0.2, 0) is 41.6 Å². The minimum atomic E-state index is -4.75. The molecule has 1 fully saturated rings. The van der Waals surface area contributed by atoms with Crippen molar-refractivity contribution in [1.29, 1.82) is 0 Å². The number of hydrogen-bond donors (Lipinski definition) is 0. The van der Waals surface area contributed by atoms with Crippen molar-refractivity contribution in [2.45, 2.75) is 47.9 Å². The van der Waals surface area contributed by atoms with Gasteiger partial charge in [0.15, 0.2) is 4.75 Å². The molecule has 0 bridgehead atoms. The van der Waals surface area contributed by atoms with E-state index in [0.717, 1.165) is 16.0 Å². The number of hydrogen-bond acceptors (Lipinski definition) is 5. The fraction of sp³-hybridized carbons (Fsp3) is 0.417. The highest BCUT2D eigenvalue weighted by molar-refractivity contribution is 7.92. The van der Waals surface area contributed by atoms with Crippen molar-refractivity contribution in [3.63, 3.8) is 0 Å². The highest BCUT2D eigenvalue weighted by Gasteiger charge is 2.52. The number of benzene rings is 3. The number of halogens is 5. The van der Waals surface area contributed by atoms with Crippen LogP contribution in [-0.4, -0.2) is 90.5 Å². The number of likely N-dealkylation sites (tertiary alicyclic amines) is 1. The van der Waals surface area contributed by atoms with Crippen LogP contribution in [0.4, 0.5) is 18.9 Å². The number of carbonyl (C=O) groups excluding carboxylic acids is 3. The van der Waals surface area contributed by atoms with E-state index in [1.165, 1.54) is 43.1 Å². The Hall–Kier alpha value is -3.29. The Bertz CT molecular complexity index is 1720. The molecule has 1 saturated heterocycles. The maximum atomic E-state index is 14.1. The van der Waals surface area contributed by atoms with Gasteiger partial charge in [0.1, 0.15) is 12.2 Å². The van der Waals surface area contributed by atoms with Crippen molar-refractivity contribution in [1.82, 2.24) is 14.7 Å². The summed E-state index contributed by atoms with van der Waals surface area (Å²) in [5, 5.41) is 0.347. The first kappa shape index (κ1) is 38.0. The minimum absolute atomic E-state index is 0.117. The number of fused-ring (bicyclic) bond motifs is 2. The van der Waals surface area contributed by atoms with Gasteiger partial charge in [-0.3, -0.25) is 14.4 Å². The standard InChI is InChI=1S/C36H39Cl2F3N4O4S/c1-42(31(46)22-36(39,40)41)24-34(26-13-14-29(37)30(38)21-26,44(3)33(48)32(47)43(2)27-10-5-4-6-11-27)15-18-45-19-16-35(17-20-45)28-12-8-7-9-25(28)23-50(35)49/h4-14,21H,15-20,22-24H2,1-3H3. The lowest BCUT2D eigenvalue weighted by Crippen LogP contribution is -2.58. The minimum Gasteiger partial charge on any atom is -0.615 e. The molecule has 3 aromatic carbocycles. The van der Waals surface area contributed by atoms with Crippen molar-refractivity contribution >= 4 is 57.8 Å². The lowest BCUT2D eigenvalue weighted by Gasteiger charge is -2.46. The number of alkyl halides is 3. The molecular weight excluding hydrogens is 712 g/mol. The number of anilines is 1. The highest BCUT2D eigenvalue weighted by Crippen LogP contribution is 2.49. The summed E-state index contributed by atoms with van der Waals surface area (Å²) < 4.78 is 53.1. The van der Waals surface area contributed by atoms with Gasteiger partial charge in [-0.25, -0.2) is 0 Å². The zero-order valence-corrected chi connectivity index (χ0v) is 30.3. The van der Waals surface area contributed by atoms with Crippen molar-refractivity contribution in [2.24, 2.45) is 0 Å². The fourth-order valence-corrected chi connectivity index (χ4v) is 9.27. The second-order valence-corrected chi connectivity index (χ2v) is 15.6. The molecular formula is C36H39Cl2F3N4O4S. The largest absolute Gasteiger partial charge is 0.615 e. The van der Waals surface area contributed by atoms with Gasteiger partial charge in [0.25, 0.3) is 0 Å². The molecule has 0 saturated carbocycles. The Balaban J connectivity index is 1.49. The van der Waals surface area contributed by atoms with E-state index < -0.39 is 51.8 Å². The summed E-state index contributed by atoms with van der Waals surface area (Å²) in [5.74, 6) is -2.50. The summed E-state index contributed by atoms with van der Waals surface area (Å²) in [6.45, 7) is 1.12. The van der Waals surface area contributed by atoms with Crippen molar-refractivity contribution in [2.75, 3.05) is 52.2 Å². The molecule has 0 aliphatic carbocycles. The van der Waals surface area contributed by atoms with E-state index in [9.17, 15) is 32.1 Å². The van der Waals surface area contributed by atoms with Crippen LogP contribution in [0.3, 0.4) is 0 Å². The number of nitrogens with zero attached hydrogens (tertiary/aromatic N) is 4. The molecule has 268 valence electrons. The van der Waals surface area contributed by atoms with Gasteiger partial charge >= 0.3 is 18.0 Å². The number of rotatable bonds is 9. The van der Waals surface area contributed by atoms with E-state index in [-0.39, 0.29) is 23.0 Å². The lowest BCUT2D eigenvalue weighted by atomic mass is 9.82. The molecule has 2 atom stereocenters. The van der Waals surface area contributed by atoms with Gasteiger partial charge in [-0.1, -0.05) is 71.7 Å². The zero-order chi connectivity index (χ0) is 36.4. The molecule has 2 aliphatic rings. The smallest absolute Gasteiger partial charge is 0.397 e. The molecule has 0 radical (unpaired) electrons. The number of para-hydroxylation sites is 1. The molecule has 8 nitrogen and oxygen atoms in total. The predicted molar refractivity (Wildman–Crippen MR) is 189 cm³/mol. The molecule has 1 spiro atoms. The number of amides is 3. The molecule has 2 unspecified atom stereocenters. The quantitative estimate of drug-likeness (QED) is 0.188. The number of piperidine rings is 1. The van der Waals surface area contributed by atoms with Crippen LogP contribution in [0.25, 0.3) is 0 Å². The van der Waals surface area contributed by atoms with E-state index in [2.05, 4.69) is 4.90 Å². The van der Waals surface area contributed by atoms with Crippen LogP contribution < -0.4 is 4.90 Å². The molecule has 2 heterocycles. The van der Waals surface area contributed by atoms with Gasteiger partial charge in [0, 0.05) is 77.0 Å². The molecule has 3 amide bonds. The normalized spacial score (nSPS) is 18.3. The Morgan fingerprint density at radius 3 is 2.18 bits per heavy atom. The van der Waals surface area contributed by atoms with E-state index in [1.54, 1.807) is 36.4 Å². The maximum absolute atomic E-state index is 14.1. The first-order valence-corrected chi connectivity index (χ1v) is 18.2. The van der Waals surface area contributed by atoms with Crippen molar-refractivity contribution in [3.05, 3.63) is 99.5 Å². The number of carbonyl (C=O) groups is 3. The van der Waals surface area contributed by atoms with Crippen LogP contribution >= 0.6 is 23.2 Å². The van der Waals surface area contributed by atoms with E-state index in [1.807, 2.05) is 24.3 Å². The topological polar surface area (TPSA) is 87.2 Å². The Morgan fingerprint density at radius 2 is 1.54 bits per heavy atom. The molecule has 3 aromatic rings. The Labute approximate surface area is 303 Å². The van der Waals surface area contributed by atoms with Gasteiger partial charge in [-0.15, -0.1) is 0 Å². The first-order valence-electron chi connectivity index (χ1n) is 16.1. The molecule has 14 heteroatoms. The van der Waals surface area contributed by atoms with Gasteiger partial charge in [0.2, 0.25) is 5.91 Å². The lowest BCUT2D eigenvalue weighted by molar-refractivity contribution is -0.163. The average Bonchev–Trinajstić information content (AvgIpc) is 3.36. The highest BCUT2D eigenvalue weighted by atomic mass is 35.5. The van der Waals surface area contributed by atoms with Gasteiger partial charge in [-0.2, -0.15) is 13.2 Å². The van der Waals surface area contributed by atoms with Crippen LogP contribution in [0.2, 0.25) is 10.0 Å². The van der Waals surface area contributed by atoms with Gasteiger partial charge in [-0.05, 0) is 47.4 Å². The molecule has 5 rings (SSSR count). The van der Waals surface area contributed by atoms with E-state index >= 15 is 0 Å². The molecule has 50 heavy (non-hydrogen) atoms. The van der Waals surface area contributed by atoms with Gasteiger partial charge in [0.05, 0.1) is 15.6 Å². The van der Waals surface area contributed by atoms with E-state index in [4.69, 9.17) is 23.2 Å². The van der Waals surface area contributed by atoms with Crippen LogP contribution in [0.15, 0.2) is 72.8 Å². The van der Waals surface area contributed by atoms with Crippen LogP contribution in [0, 0.1) is 0 Å². The number of likely N-dealkylation sites (N-methyl/N-ethyl adjacent to an activating group) is 3. The monoisotopic (exact) mass is 750 g/mol. The summed E-state index contributed by atoms with van der Waals surface area (Å²) in [6.07, 6.45) is -5.06. The SMILES string of the molecule is CN(CC(CCN1CCC2(CC1)c1ccccc1C[S+]2[O-])(c1ccc(Cl)c(Cl)c1)N(C)C(=O)C(=O)N(C)c1ccccc1)C(=O)CC(F)(F)F. The maximum Gasteiger partial charge on any atom is 0.397 e. The van der Waals surface area contributed by atoms with Crippen molar-refractivity contribution in [3.8, 4) is 0 Å². The van der Waals surface area contributed by atoms with Gasteiger partial charge < -0.3 is 24.2 Å². The van der Waals surface area contributed by atoms with Crippen molar-refractivity contribution < 1.29 is 32.1 Å². The van der Waals surface area contributed by atoms with E-state index in [0.29, 0.717) is 49.5 Å². The predicted octanol–water partition coefficient (Wildman–Crippen LogP) is 6.36. The second-order valence-electron chi connectivity index (χ2n) is 13.0. The third-order valence-corrected chi connectivity index (χ3v) is 12.9. The third-order valence-electron chi connectivity index (χ3n) is 10.0. The summed E-state index contributed by atoms with van der Waals surface area (Å²) in [7, 11) is 4.11.